The van der Waals surface area contributed by atoms with E-state index in [9.17, 15) is 4.79 Å². The van der Waals surface area contributed by atoms with Crippen LogP contribution in [0, 0.1) is 0 Å². The molecule has 0 radical (unpaired) electrons. The molecule has 94 valence electrons. The van der Waals surface area contributed by atoms with Crippen LogP contribution >= 0.6 is 0 Å². The number of hydrogen-bond acceptors (Lipinski definition) is 3. The predicted molar refractivity (Wildman–Crippen MR) is 67.4 cm³/mol. The fraction of sp³-hybridized carbons (Fsp3) is 0.308. The summed E-state index contributed by atoms with van der Waals surface area (Å²) < 4.78 is 1.77. The zero-order valence-corrected chi connectivity index (χ0v) is 10.4. The molecule has 0 amide bonds. The van der Waals surface area contributed by atoms with Gasteiger partial charge in [0.25, 0.3) is 0 Å². The van der Waals surface area contributed by atoms with Gasteiger partial charge in [-0.05, 0) is 12.5 Å². The fourth-order valence-electron chi connectivity index (χ4n) is 1.88. The lowest BCUT2D eigenvalue weighted by molar-refractivity contribution is 0.0690. The molecule has 18 heavy (non-hydrogen) atoms. The lowest BCUT2D eigenvalue weighted by Crippen LogP contribution is -1.99. The fourth-order valence-corrected chi connectivity index (χ4v) is 1.88. The Hall–Kier alpha value is -2.17. The van der Waals surface area contributed by atoms with Crippen LogP contribution in [0.3, 0.4) is 0 Å². The van der Waals surface area contributed by atoms with E-state index in [4.69, 9.17) is 5.11 Å². The van der Waals surface area contributed by atoms with E-state index in [-0.39, 0.29) is 5.69 Å². The van der Waals surface area contributed by atoms with Gasteiger partial charge in [-0.1, -0.05) is 19.4 Å². The summed E-state index contributed by atoms with van der Waals surface area (Å²) in [6, 6.07) is 3.28. The van der Waals surface area contributed by atoms with E-state index in [0.29, 0.717) is 0 Å². The smallest absolute Gasteiger partial charge is 0.354 e. The third-order valence-electron chi connectivity index (χ3n) is 2.69. The zero-order chi connectivity index (χ0) is 13.1. The van der Waals surface area contributed by atoms with Gasteiger partial charge in [-0.3, -0.25) is 4.68 Å². The molecule has 2 aromatic heterocycles. The highest BCUT2D eigenvalue weighted by Gasteiger charge is 2.11. The first-order valence-corrected chi connectivity index (χ1v) is 5.84. The zero-order valence-electron chi connectivity index (χ0n) is 10.4. The monoisotopic (exact) mass is 245 g/mol. The quantitative estimate of drug-likeness (QED) is 0.896. The third kappa shape index (κ3) is 2.40. The van der Waals surface area contributed by atoms with E-state index in [0.717, 1.165) is 29.7 Å². The van der Waals surface area contributed by atoms with Crippen molar-refractivity contribution in [2.24, 2.45) is 7.05 Å². The normalized spacial score (nSPS) is 10.6. The molecule has 0 saturated carbocycles. The van der Waals surface area contributed by atoms with E-state index in [1.807, 2.05) is 13.2 Å². The number of carbonyl (C=O) groups is 1. The minimum absolute atomic E-state index is 0.0553. The molecule has 5 heteroatoms. The highest BCUT2D eigenvalue weighted by molar-refractivity contribution is 5.85. The van der Waals surface area contributed by atoms with Crippen molar-refractivity contribution < 1.29 is 9.90 Å². The first-order chi connectivity index (χ1) is 8.61. The maximum atomic E-state index is 10.7. The summed E-state index contributed by atoms with van der Waals surface area (Å²) in [4.78, 5) is 14.7. The van der Waals surface area contributed by atoms with E-state index in [1.165, 1.54) is 6.07 Å². The largest absolute Gasteiger partial charge is 0.477 e. The number of aryl methyl sites for hydroxylation is 2. The minimum Gasteiger partial charge on any atom is -0.477 e. The molecular formula is C13H15N3O2. The van der Waals surface area contributed by atoms with E-state index >= 15 is 0 Å². The number of pyridine rings is 1. The predicted octanol–water partition coefficient (Wildman–Crippen LogP) is 2.13. The van der Waals surface area contributed by atoms with Crippen LogP contribution in [0.5, 0.6) is 0 Å². The van der Waals surface area contributed by atoms with Crippen LogP contribution in [0.4, 0.5) is 0 Å². The molecule has 2 aromatic rings. The molecule has 0 aromatic carbocycles. The van der Waals surface area contributed by atoms with Crippen molar-refractivity contribution in [3.05, 3.63) is 35.9 Å². The van der Waals surface area contributed by atoms with Gasteiger partial charge in [0.1, 0.15) is 5.69 Å². The lowest BCUT2D eigenvalue weighted by Gasteiger charge is -2.01. The second-order valence-corrected chi connectivity index (χ2v) is 4.15. The van der Waals surface area contributed by atoms with Crippen molar-refractivity contribution in [2.75, 3.05) is 0 Å². The molecule has 0 atom stereocenters. The highest BCUT2D eigenvalue weighted by Crippen LogP contribution is 2.23. The average Bonchev–Trinajstić information content (AvgIpc) is 2.71. The highest BCUT2D eigenvalue weighted by atomic mass is 16.4. The maximum absolute atomic E-state index is 10.7. The molecule has 0 aliphatic carbocycles. The Kier molecular flexibility index (Phi) is 3.41. The van der Waals surface area contributed by atoms with Gasteiger partial charge in [-0.15, -0.1) is 0 Å². The molecule has 0 bridgehead atoms. The van der Waals surface area contributed by atoms with Gasteiger partial charge in [0.2, 0.25) is 0 Å². The van der Waals surface area contributed by atoms with Crippen LogP contribution in [0.25, 0.3) is 11.1 Å². The SMILES string of the molecule is CCCc1nn(C)cc1-c1ccc(C(=O)O)nc1. The lowest BCUT2D eigenvalue weighted by atomic mass is 10.1. The van der Waals surface area contributed by atoms with Crippen LogP contribution in [-0.2, 0) is 13.5 Å². The summed E-state index contributed by atoms with van der Waals surface area (Å²) in [6.45, 7) is 2.10. The van der Waals surface area contributed by atoms with E-state index in [2.05, 4.69) is 17.0 Å². The number of rotatable bonds is 4. The number of nitrogens with zero attached hydrogens (tertiary/aromatic N) is 3. The van der Waals surface area contributed by atoms with Crippen molar-refractivity contribution in [2.45, 2.75) is 19.8 Å². The van der Waals surface area contributed by atoms with Gasteiger partial charge in [0.05, 0.1) is 5.69 Å². The summed E-state index contributed by atoms with van der Waals surface area (Å²) in [6.07, 6.45) is 5.43. The van der Waals surface area contributed by atoms with Crippen LogP contribution < -0.4 is 0 Å². The van der Waals surface area contributed by atoms with Gasteiger partial charge < -0.3 is 5.11 Å². The van der Waals surface area contributed by atoms with Gasteiger partial charge in [-0.2, -0.15) is 5.10 Å². The Morgan fingerprint density at radius 1 is 1.44 bits per heavy atom. The molecule has 5 nitrogen and oxygen atoms in total. The molecule has 2 rings (SSSR count). The molecule has 0 aliphatic rings. The van der Waals surface area contributed by atoms with Crippen molar-refractivity contribution in [3.63, 3.8) is 0 Å². The third-order valence-corrected chi connectivity index (χ3v) is 2.69. The average molecular weight is 245 g/mol. The van der Waals surface area contributed by atoms with Crippen molar-refractivity contribution in [1.29, 1.82) is 0 Å². The summed E-state index contributed by atoms with van der Waals surface area (Å²) in [5.74, 6) is -1.01. The number of carboxylic acids is 1. The van der Waals surface area contributed by atoms with Crippen LogP contribution in [0.1, 0.15) is 29.5 Å². The summed E-state index contributed by atoms with van der Waals surface area (Å²) in [7, 11) is 1.88. The van der Waals surface area contributed by atoms with Gasteiger partial charge in [0, 0.05) is 30.6 Å². The molecule has 0 fully saturated rings. The summed E-state index contributed by atoms with van der Waals surface area (Å²) in [5.41, 5.74) is 2.99. The Balaban J connectivity index is 2.38. The molecule has 0 saturated heterocycles. The second kappa shape index (κ2) is 5.00. The number of hydrogen-bond donors (Lipinski definition) is 1. The standard InChI is InChI=1S/C13H15N3O2/c1-3-4-11-10(8-16(2)15-11)9-5-6-12(13(17)18)14-7-9/h5-8H,3-4H2,1-2H3,(H,17,18). The summed E-state index contributed by atoms with van der Waals surface area (Å²) >= 11 is 0. The van der Waals surface area contributed by atoms with Gasteiger partial charge in [-0.25, -0.2) is 9.78 Å². The van der Waals surface area contributed by atoms with E-state index < -0.39 is 5.97 Å². The van der Waals surface area contributed by atoms with Crippen molar-refractivity contribution in [1.82, 2.24) is 14.8 Å². The Labute approximate surface area is 105 Å². The van der Waals surface area contributed by atoms with Crippen LogP contribution in [-0.4, -0.2) is 25.8 Å². The Bertz CT molecular complexity index is 558. The Morgan fingerprint density at radius 3 is 2.78 bits per heavy atom. The molecule has 1 N–H and O–H groups in total. The van der Waals surface area contributed by atoms with Crippen LogP contribution in [0.15, 0.2) is 24.5 Å². The number of carboxylic acid groups (broad SMARTS) is 1. The van der Waals surface area contributed by atoms with E-state index in [1.54, 1.807) is 16.9 Å². The molecule has 2 heterocycles. The van der Waals surface area contributed by atoms with Crippen molar-refractivity contribution >= 4 is 5.97 Å². The Morgan fingerprint density at radius 2 is 2.22 bits per heavy atom. The van der Waals surface area contributed by atoms with Gasteiger partial charge in [0.15, 0.2) is 0 Å². The van der Waals surface area contributed by atoms with Crippen molar-refractivity contribution in [3.8, 4) is 11.1 Å². The summed E-state index contributed by atoms with van der Waals surface area (Å²) in [5, 5.41) is 13.2. The molecule has 0 aliphatic heterocycles. The molecule has 0 unspecified atom stereocenters. The first kappa shape index (κ1) is 12.3. The molecular weight excluding hydrogens is 230 g/mol. The molecule has 0 spiro atoms. The maximum Gasteiger partial charge on any atom is 0.354 e. The van der Waals surface area contributed by atoms with Gasteiger partial charge >= 0.3 is 5.97 Å². The topological polar surface area (TPSA) is 68.0 Å². The first-order valence-electron chi connectivity index (χ1n) is 5.84. The van der Waals surface area contributed by atoms with Crippen LogP contribution in [0.2, 0.25) is 0 Å². The number of aromatic carboxylic acids is 1. The minimum atomic E-state index is -1.01. The number of aromatic nitrogens is 3. The second-order valence-electron chi connectivity index (χ2n) is 4.15.